The summed E-state index contributed by atoms with van der Waals surface area (Å²) in [5.74, 6) is 0.923. The Morgan fingerprint density at radius 1 is 1.31 bits per heavy atom. The lowest BCUT2D eigenvalue weighted by atomic mass is 10.0. The van der Waals surface area contributed by atoms with Gasteiger partial charge in [-0.15, -0.1) is 0 Å². The Bertz CT molecular complexity index is 362. The van der Waals surface area contributed by atoms with Gasteiger partial charge in [-0.3, -0.25) is 4.79 Å². The molecule has 1 fully saturated rings. The number of benzene rings is 1. The summed E-state index contributed by atoms with van der Waals surface area (Å²) >= 11 is 0. The number of rotatable bonds is 3. The van der Waals surface area contributed by atoms with Crippen molar-refractivity contribution >= 4 is 5.91 Å². The number of nitrogens with one attached hydrogen (secondary N) is 2. The lowest BCUT2D eigenvalue weighted by molar-refractivity contribution is -0.124. The van der Waals surface area contributed by atoms with E-state index in [0.29, 0.717) is 0 Å². The molecule has 1 heterocycles. The van der Waals surface area contributed by atoms with E-state index in [-0.39, 0.29) is 11.9 Å². The molecule has 0 unspecified atom stereocenters. The van der Waals surface area contributed by atoms with E-state index < -0.39 is 0 Å². The van der Waals surface area contributed by atoms with E-state index in [1.54, 1.807) is 7.11 Å². The molecule has 2 N–H and O–H groups in total. The number of carbonyl (C=O) groups is 1. The largest absolute Gasteiger partial charge is 0.497 e. The van der Waals surface area contributed by atoms with Gasteiger partial charge >= 0.3 is 0 Å². The van der Waals surface area contributed by atoms with Gasteiger partial charge < -0.3 is 15.4 Å². The molecule has 0 aliphatic carbocycles. The summed E-state index contributed by atoms with van der Waals surface area (Å²) in [5, 5.41) is 6.05. The van der Waals surface area contributed by atoms with Gasteiger partial charge in [0, 0.05) is 13.1 Å². The van der Waals surface area contributed by atoms with Crippen molar-refractivity contribution in [1.29, 1.82) is 0 Å². The maximum Gasteiger partial charge on any atom is 0.237 e. The summed E-state index contributed by atoms with van der Waals surface area (Å²) in [6.07, 6.45) is 0.718. The van der Waals surface area contributed by atoms with Crippen LogP contribution in [0.2, 0.25) is 0 Å². The fourth-order valence-corrected chi connectivity index (χ4v) is 1.81. The monoisotopic (exact) mass is 220 g/mol. The van der Waals surface area contributed by atoms with Crippen molar-refractivity contribution < 1.29 is 9.53 Å². The Morgan fingerprint density at radius 3 is 2.69 bits per heavy atom. The Morgan fingerprint density at radius 2 is 2.06 bits per heavy atom. The summed E-state index contributed by atoms with van der Waals surface area (Å²) in [4.78, 5) is 11.5. The molecule has 1 aliphatic rings. The maximum atomic E-state index is 11.5. The molecule has 0 saturated carbocycles. The van der Waals surface area contributed by atoms with Crippen LogP contribution in [0.25, 0.3) is 0 Å². The van der Waals surface area contributed by atoms with Gasteiger partial charge in [0.05, 0.1) is 13.2 Å². The maximum absolute atomic E-state index is 11.5. The van der Waals surface area contributed by atoms with Crippen molar-refractivity contribution in [3.63, 3.8) is 0 Å². The molecule has 0 spiro atoms. The zero-order valence-corrected chi connectivity index (χ0v) is 9.32. The van der Waals surface area contributed by atoms with Crippen LogP contribution in [0.5, 0.6) is 5.75 Å². The van der Waals surface area contributed by atoms with Gasteiger partial charge in [0.15, 0.2) is 0 Å². The minimum atomic E-state index is -0.109. The van der Waals surface area contributed by atoms with Crippen LogP contribution in [0.1, 0.15) is 5.56 Å². The van der Waals surface area contributed by atoms with Crippen molar-refractivity contribution in [2.24, 2.45) is 0 Å². The van der Waals surface area contributed by atoms with Gasteiger partial charge in [-0.05, 0) is 24.1 Å². The van der Waals surface area contributed by atoms with E-state index in [9.17, 15) is 4.79 Å². The second-order valence-electron chi connectivity index (χ2n) is 3.85. The Kier molecular flexibility index (Phi) is 3.41. The van der Waals surface area contributed by atoms with Crippen molar-refractivity contribution in [3.8, 4) is 5.75 Å². The number of carbonyl (C=O) groups excluding carboxylic acids is 1. The third kappa shape index (κ3) is 2.52. The van der Waals surface area contributed by atoms with E-state index in [0.717, 1.165) is 30.8 Å². The smallest absolute Gasteiger partial charge is 0.237 e. The molecule has 1 atom stereocenters. The second-order valence-corrected chi connectivity index (χ2v) is 3.85. The molecular weight excluding hydrogens is 204 g/mol. The van der Waals surface area contributed by atoms with Gasteiger partial charge in [0.2, 0.25) is 5.91 Å². The molecule has 1 aromatic carbocycles. The molecule has 16 heavy (non-hydrogen) atoms. The van der Waals surface area contributed by atoms with Gasteiger partial charge in [0.25, 0.3) is 0 Å². The first-order valence-electron chi connectivity index (χ1n) is 5.43. The number of hydrogen-bond acceptors (Lipinski definition) is 3. The van der Waals surface area contributed by atoms with Gasteiger partial charge in [-0.2, -0.15) is 0 Å². The van der Waals surface area contributed by atoms with E-state index in [2.05, 4.69) is 10.6 Å². The molecule has 1 aromatic rings. The summed E-state index contributed by atoms with van der Waals surface area (Å²) < 4.78 is 5.09. The zero-order valence-electron chi connectivity index (χ0n) is 9.32. The Hall–Kier alpha value is -1.55. The van der Waals surface area contributed by atoms with E-state index in [4.69, 9.17) is 4.74 Å². The first-order chi connectivity index (χ1) is 7.79. The highest BCUT2D eigenvalue weighted by atomic mass is 16.5. The zero-order chi connectivity index (χ0) is 11.4. The average Bonchev–Trinajstić information content (AvgIpc) is 2.33. The van der Waals surface area contributed by atoms with Crippen LogP contribution < -0.4 is 15.4 Å². The van der Waals surface area contributed by atoms with Crippen LogP contribution in [0, 0.1) is 0 Å². The third-order valence-electron chi connectivity index (χ3n) is 2.73. The minimum absolute atomic E-state index is 0.0852. The molecule has 86 valence electrons. The van der Waals surface area contributed by atoms with Crippen LogP contribution >= 0.6 is 0 Å². The fraction of sp³-hybridized carbons (Fsp3) is 0.417. The first kappa shape index (κ1) is 11.0. The molecular formula is C12H16N2O2. The van der Waals surface area contributed by atoms with E-state index >= 15 is 0 Å². The van der Waals surface area contributed by atoms with Crippen LogP contribution in [-0.2, 0) is 11.2 Å². The number of amides is 1. The normalized spacial score (nSPS) is 20.3. The third-order valence-corrected chi connectivity index (χ3v) is 2.73. The second kappa shape index (κ2) is 4.99. The van der Waals surface area contributed by atoms with Gasteiger partial charge in [-0.25, -0.2) is 0 Å². The van der Waals surface area contributed by atoms with Crippen LogP contribution in [0.15, 0.2) is 24.3 Å². The van der Waals surface area contributed by atoms with Crippen molar-refractivity contribution in [2.75, 3.05) is 20.2 Å². The van der Waals surface area contributed by atoms with Gasteiger partial charge in [-0.1, -0.05) is 12.1 Å². The molecule has 2 rings (SSSR count). The highest BCUT2D eigenvalue weighted by molar-refractivity contribution is 5.82. The average molecular weight is 220 g/mol. The molecule has 1 amide bonds. The Labute approximate surface area is 95.0 Å². The quantitative estimate of drug-likeness (QED) is 0.771. The van der Waals surface area contributed by atoms with Crippen molar-refractivity contribution in [2.45, 2.75) is 12.5 Å². The molecule has 0 bridgehead atoms. The Balaban J connectivity index is 1.99. The highest BCUT2D eigenvalue weighted by Crippen LogP contribution is 2.13. The van der Waals surface area contributed by atoms with Crippen LogP contribution in [-0.4, -0.2) is 32.1 Å². The lowest BCUT2D eigenvalue weighted by Gasteiger charge is -2.23. The SMILES string of the molecule is COc1ccc(C[C@@H]2NCCNC2=O)cc1. The summed E-state index contributed by atoms with van der Waals surface area (Å²) in [5.41, 5.74) is 1.13. The minimum Gasteiger partial charge on any atom is -0.497 e. The first-order valence-corrected chi connectivity index (χ1v) is 5.43. The van der Waals surface area contributed by atoms with Gasteiger partial charge in [0.1, 0.15) is 5.75 Å². The topological polar surface area (TPSA) is 50.4 Å². The van der Waals surface area contributed by atoms with Crippen LogP contribution in [0.3, 0.4) is 0 Å². The number of ether oxygens (including phenoxy) is 1. The molecule has 4 nitrogen and oxygen atoms in total. The molecule has 0 aromatic heterocycles. The fourth-order valence-electron chi connectivity index (χ4n) is 1.81. The van der Waals surface area contributed by atoms with Crippen molar-refractivity contribution in [1.82, 2.24) is 10.6 Å². The van der Waals surface area contributed by atoms with E-state index in [1.165, 1.54) is 0 Å². The summed E-state index contributed by atoms with van der Waals surface area (Å²) in [6.45, 7) is 1.56. The molecule has 0 radical (unpaired) electrons. The predicted molar refractivity (Wildman–Crippen MR) is 61.5 cm³/mol. The standard InChI is InChI=1S/C12H16N2O2/c1-16-10-4-2-9(3-5-10)8-11-12(15)14-7-6-13-11/h2-5,11,13H,6-8H2,1H3,(H,14,15)/t11-/m0/s1. The summed E-state index contributed by atoms with van der Waals surface area (Å²) in [7, 11) is 1.64. The van der Waals surface area contributed by atoms with Crippen molar-refractivity contribution in [3.05, 3.63) is 29.8 Å². The number of hydrogen-bond donors (Lipinski definition) is 2. The number of piperazine rings is 1. The summed E-state index contributed by atoms with van der Waals surface area (Å²) in [6, 6.07) is 7.69. The predicted octanol–water partition coefficient (Wildman–Crippen LogP) is 0.326. The molecule has 1 saturated heterocycles. The lowest BCUT2D eigenvalue weighted by Crippen LogP contribution is -2.53. The number of methoxy groups -OCH3 is 1. The highest BCUT2D eigenvalue weighted by Gasteiger charge is 2.21. The van der Waals surface area contributed by atoms with Crippen LogP contribution in [0.4, 0.5) is 0 Å². The molecule has 4 heteroatoms. The molecule has 1 aliphatic heterocycles. The van der Waals surface area contributed by atoms with E-state index in [1.807, 2.05) is 24.3 Å².